The molecule has 100 valence electrons. The molecule has 1 aromatic carbocycles. The second-order valence-electron chi connectivity index (χ2n) is 5.97. The second-order valence-corrected chi connectivity index (χ2v) is 5.97. The number of anilines is 1. The fourth-order valence-electron chi connectivity index (χ4n) is 1.80. The van der Waals surface area contributed by atoms with Crippen LogP contribution in [-0.4, -0.2) is 23.9 Å². The molecule has 1 atom stereocenters. The first-order chi connectivity index (χ1) is 8.21. The number of hydrogen-bond acceptors (Lipinski definition) is 2. The quantitative estimate of drug-likeness (QED) is 0.836. The van der Waals surface area contributed by atoms with E-state index < -0.39 is 0 Å². The van der Waals surface area contributed by atoms with E-state index in [0.29, 0.717) is 12.1 Å². The summed E-state index contributed by atoms with van der Waals surface area (Å²) in [6.45, 7) is 8.50. The van der Waals surface area contributed by atoms with Crippen molar-refractivity contribution in [2.24, 2.45) is 5.41 Å². The summed E-state index contributed by atoms with van der Waals surface area (Å²) in [6, 6.07) is 7.70. The van der Waals surface area contributed by atoms with Gasteiger partial charge < -0.3 is 10.6 Å². The number of amides is 1. The molecule has 0 aliphatic rings. The van der Waals surface area contributed by atoms with Crippen LogP contribution in [0.4, 0.5) is 5.69 Å². The number of hydrogen-bond donors (Lipinski definition) is 1. The number of benzene rings is 1. The van der Waals surface area contributed by atoms with E-state index >= 15 is 0 Å². The van der Waals surface area contributed by atoms with Gasteiger partial charge in [0.25, 0.3) is 0 Å². The van der Waals surface area contributed by atoms with Gasteiger partial charge in [-0.1, -0.05) is 32.9 Å². The second kappa shape index (κ2) is 5.42. The Morgan fingerprint density at radius 2 is 2.00 bits per heavy atom. The molecule has 0 saturated heterocycles. The lowest BCUT2D eigenvalue weighted by Crippen LogP contribution is -2.43. The highest BCUT2D eigenvalue weighted by molar-refractivity contribution is 5.79. The molecule has 0 saturated carbocycles. The van der Waals surface area contributed by atoms with Gasteiger partial charge in [-0.15, -0.1) is 0 Å². The Kier molecular flexibility index (Phi) is 4.38. The molecule has 0 aromatic heterocycles. The molecule has 1 amide bonds. The standard InChI is InChI=1S/C15H24N2O/c1-11(15(2,3)4)17(5)14(18)10-12-7-6-8-13(16)9-12/h6-9,11H,10,16H2,1-5H3. The molecule has 0 aliphatic heterocycles. The molecule has 1 unspecified atom stereocenters. The Morgan fingerprint density at radius 1 is 1.39 bits per heavy atom. The van der Waals surface area contributed by atoms with Crippen LogP contribution in [0.15, 0.2) is 24.3 Å². The highest BCUT2D eigenvalue weighted by Crippen LogP contribution is 2.23. The third-order valence-electron chi connectivity index (χ3n) is 3.53. The average Bonchev–Trinajstić information content (AvgIpc) is 2.25. The van der Waals surface area contributed by atoms with Crippen LogP contribution in [0.1, 0.15) is 33.3 Å². The summed E-state index contributed by atoms with van der Waals surface area (Å²) >= 11 is 0. The number of nitrogens with zero attached hydrogens (tertiary/aromatic N) is 1. The monoisotopic (exact) mass is 248 g/mol. The van der Waals surface area contributed by atoms with Crippen LogP contribution < -0.4 is 5.73 Å². The van der Waals surface area contributed by atoms with E-state index in [1.165, 1.54) is 0 Å². The molecule has 2 N–H and O–H groups in total. The maximum Gasteiger partial charge on any atom is 0.226 e. The van der Waals surface area contributed by atoms with Crippen LogP contribution in [0.25, 0.3) is 0 Å². The van der Waals surface area contributed by atoms with Gasteiger partial charge >= 0.3 is 0 Å². The fraction of sp³-hybridized carbons (Fsp3) is 0.533. The van der Waals surface area contributed by atoms with Gasteiger partial charge in [0, 0.05) is 18.8 Å². The minimum absolute atomic E-state index is 0.0835. The smallest absolute Gasteiger partial charge is 0.226 e. The topological polar surface area (TPSA) is 46.3 Å². The van der Waals surface area contributed by atoms with E-state index in [-0.39, 0.29) is 17.4 Å². The lowest BCUT2D eigenvalue weighted by Gasteiger charge is -2.35. The van der Waals surface area contributed by atoms with Gasteiger partial charge in [-0.05, 0) is 30.0 Å². The molecule has 3 nitrogen and oxygen atoms in total. The predicted octanol–water partition coefficient (Wildman–Crippen LogP) is 2.70. The Hall–Kier alpha value is -1.51. The Bertz CT molecular complexity index is 421. The first kappa shape index (κ1) is 14.6. The van der Waals surface area contributed by atoms with Crippen molar-refractivity contribution in [1.29, 1.82) is 0 Å². The van der Waals surface area contributed by atoms with E-state index in [1.807, 2.05) is 36.2 Å². The van der Waals surface area contributed by atoms with Crippen molar-refractivity contribution in [2.75, 3.05) is 12.8 Å². The molecular weight excluding hydrogens is 224 g/mol. The maximum absolute atomic E-state index is 12.2. The van der Waals surface area contributed by atoms with Gasteiger partial charge in [-0.2, -0.15) is 0 Å². The third kappa shape index (κ3) is 3.76. The van der Waals surface area contributed by atoms with Gasteiger partial charge in [-0.25, -0.2) is 0 Å². The lowest BCUT2D eigenvalue weighted by molar-refractivity contribution is -0.132. The Morgan fingerprint density at radius 3 is 2.50 bits per heavy atom. The minimum atomic E-state index is 0.0835. The number of carbonyl (C=O) groups is 1. The summed E-state index contributed by atoms with van der Waals surface area (Å²) < 4.78 is 0. The van der Waals surface area contributed by atoms with Gasteiger partial charge in [0.05, 0.1) is 6.42 Å². The molecule has 0 spiro atoms. The predicted molar refractivity (Wildman–Crippen MR) is 76.2 cm³/mol. The number of likely N-dealkylation sites (N-methyl/N-ethyl adjacent to an activating group) is 1. The molecule has 0 heterocycles. The third-order valence-corrected chi connectivity index (χ3v) is 3.53. The number of carbonyl (C=O) groups excluding carboxylic acids is 1. The van der Waals surface area contributed by atoms with Crippen molar-refractivity contribution in [3.63, 3.8) is 0 Å². The van der Waals surface area contributed by atoms with E-state index in [1.54, 1.807) is 0 Å². The van der Waals surface area contributed by atoms with Crippen molar-refractivity contribution >= 4 is 11.6 Å². The molecular formula is C15H24N2O. The molecule has 0 radical (unpaired) electrons. The van der Waals surface area contributed by atoms with Crippen molar-refractivity contribution in [3.8, 4) is 0 Å². The summed E-state index contributed by atoms with van der Waals surface area (Å²) in [4.78, 5) is 14.0. The van der Waals surface area contributed by atoms with Crippen LogP contribution in [0.2, 0.25) is 0 Å². The van der Waals surface area contributed by atoms with E-state index in [9.17, 15) is 4.79 Å². The summed E-state index contributed by atoms with van der Waals surface area (Å²) in [5.41, 5.74) is 7.46. The van der Waals surface area contributed by atoms with Gasteiger partial charge in [0.2, 0.25) is 5.91 Å². The van der Waals surface area contributed by atoms with Crippen molar-refractivity contribution in [3.05, 3.63) is 29.8 Å². The molecule has 0 fully saturated rings. The number of nitrogen functional groups attached to an aromatic ring is 1. The van der Waals surface area contributed by atoms with Crippen molar-refractivity contribution in [1.82, 2.24) is 4.90 Å². The first-order valence-electron chi connectivity index (χ1n) is 6.32. The average molecular weight is 248 g/mol. The van der Waals surface area contributed by atoms with E-state index in [4.69, 9.17) is 5.73 Å². The highest BCUT2D eigenvalue weighted by atomic mass is 16.2. The number of rotatable bonds is 3. The van der Waals surface area contributed by atoms with Crippen LogP contribution in [0.3, 0.4) is 0 Å². The number of nitrogens with two attached hydrogens (primary N) is 1. The zero-order chi connectivity index (χ0) is 13.9. The van der Waals surface area contributed by atoms with Crippen LogP contribution in [0, 0.1) is 5.41 Å². The Balaban J connectivity index is 2.71. The van der Waals surface area contributed by atoms with Crippen LogP contribution >= 0.6 is 0 Å². The zero-order valence-electron chi connectivity index (χ0n) is 12.0. The molecule has 0 bridgehead atoms. The Labute approximate surface area is 110 Å². The SMILES string of the molecule is CC(N(C)C(=O)Cc1cccc(N)c1)C(C)(C)C. The molecule has 18 heavy (non-hydrogen) atoms. The maximum atomic E-state index is 12.2. The van der Waals surface area contributed by atoms with E-state index in [2.05, 4.69) is 27.7 Å². The summed E-state index contributed by atoms with van der Waals surface area (Å²) in [5, 5.41) is 0. The van der Waals surface area contributed by atoms with Gasteiger partial charge in [0.15, 0.2) is 0 Å². The normalized spacial score (nSPS) is 13.2. The largest absolute Gasteiger partial charge is 0.399 e. The van der Waals surface area contributed by atoms with Gasteiger partial charge in [-0.3, -0.25) is 4.79 Å². The first-order valence-corrected chi connectivity index (χ1v) is 6.32. The fourth-order valence-corrected chi connectivity index (χ4v) is 1.80. The minimum Gasteiger partial charge on any atom is -0.399 e. The van der Waals surface area contributed by atoms with Gasteiger partial charge in [0.1, 0.15) is 0 Å². The molecule has 3 heteroatoms. The zero-order valence-corrected chi connectivity index (χ0v) is 12.0. The lowest BCUT2D eigenvalue weighted by atomic mass is 9.87. The summed E-state index contributed by atoms with van der Waals surface area (Å²) in [6.07, 6.45) is 0.405. The van der Waals surface area contributed by atoms with E-state index in [0.717, 1.165) is 5.56 Å². The molecule has 1 aromatic rings. The van der Waals surface area contributed by atoms with Crippen LogP contribution in [-0.2, 0) is 11.2 Å². The van der Waals surface area contributed by atoms with Crippen molar-refractivity contribution < 1.29 is 4.79 Å². The van der Waals surface area contributed by atoms with Crippen molar-refractivity contribution in [2.45, 2.75) is 40.2 Å². The summed E-state index contributed by atoms with van der Waals surface area (Å²) in [7, 11) is 1.87. The highest BCUT2D eigenvalue weighted by Gasteiger charge is 2.26. The molecule has 1 rings (SSSR count). The summed E-state index contributed by atoms with van der Waals surface area (Å²) in [5.74, 6) is 0.128. The van der Waals surface area contributed by atoms with Crippen LogP contribution in [0.5, 0.6) is 0 Å². The molecule has 0 aliphatic carbocycles.